The molecule has 1 aromatic heterocycles. The summed E-state index contributed by atoms with van der Waals surface area (Å²) in [6, 6.07) is 9.91. The number of nitrogens with zero attached hydrogens (tertiary/aromatic N) is 2. The molecule has 2 amide bonds. The first kappa shape index (κ1) is 25.4. The van der Waals surface area contributed by atoms with E-state index in [0.29, 0.717) is 35.7 Å². The Bertz CT molecular complexity index is 968. The molecule has 1 aromatic carbocycles. The van der Waals surface area contributed by atoms with Crippen LogP contribution in [-0.2, 0) is 11.2 Å². The van der Waals surface area contributed by atoms with Gasteiger partial charge in [0.15, 0.2) is 5.78 Å². The summed E-state index contributed by atoms with van der Waals surface area (Å²) in [6.45, 7) is 2.73. The van der Waals surface area contributed by atoms with Gasteiger partial charge in [-0.3, -0.25) is 14.4 Å². The summed E-state index contributed by atoms with van der Waals surface area (Å²) in [7, 11) is 1.86. The fraction of sp³-hybridized carbons (Fsp3) is 0.480. The van der Waals surface area contributed by atoms with E-state index in [1.54, 1.807) is 36.0 Å². The van der Waals surface area contributed by atoms with Crippen molar-refractivity contribution < 1.29 is 18.8 Å². The van der Waals surface area contributed by atoms with Gasteiger partial charge in [0.1, 0.15) is 5.82 Å². The van der Waals surface area contributed by atoms with E-state index >= 15 is 0 Å². The zero-order chi connectivity index (χ0) is 24.0. The number of carbonyl (C=O) groups excluding carboxylic acids is 3. The fourth-order valence-electron chi connectivity index (χ4n) is 4.32. The minimum atomic E-state index is -0.270. The second-order valence-corrected chi connectivity index (χ2v) is 10.6. The number of rotatable bonds is 9. The average molecular weight is 491 g/mol. The lowest BCUT2D eigenvalue weighted by molar-refractivity contribution is -0.133. The number of Topliss-reactive ketones (excluding diaryl/α,β-unsaturated/α-hetero) is 1. The van der Waals surface area contributed by atoms with Gasteiger partial charge in [-0.1, -0.05) is 12.1 Å². The van der Waals surface area contributed by atoms with Crippen LogP contribution in [0.1, 0.15) is 51.1 Å². The van der Waals surface area contributed by atoms with Crippen LogP contribution < -0.4 is 0 Å². The number of thioether (sulfide) groups is 1. The lowest BCUT2D eigenvalue weighted by Crippen LogP contribution is -2.48. The molecule has 5 nitrogen and oxygen atoms in total. The first-order chi connectivity index (χ1) is 15.8. The van der Waals surface area contributed by atoms with Gasteiger partial charge >= 0.3 is 0 Å². The molecule has 0 radical (unpaired) electrons. The van der Waals surface area contributed by atoms with Gasteiger partial charge in [-0.2, -0.15) is 11.8 Å². The summed E-state index contributed by atoms with van der Waals surface area (Å²) in [5.41, 5.74) is 1.000. The van der Waals surface area contributed by atoms with Gasteiger partial charge in [0.05, 0.1) is 9.75 Å². The van der Waals surface area contributed by atoms with Gasteiger partial charge in [-0.25, -0.2) is 4.39 Å². The van der Waals surface area contributed by atoms with Crippen molar-refractivity contribution in [3.8, 4) is 0 Å². The number of thiophene rings is 1. The summed E-state index contributed by atoms with van der Waals surface area (Å²) >= 11 is 2.89. The van der Waals surface area contributed by atoms with E-state index < -0.39 is 0 Å². The number of likely N-dealkylation sites (tertiary alicyclic amines) is 1. The van der Waals surface area contributed by atoms with Crippen molar-refractivity contribution in [3.63, 3.8) is 0 Å². The molecule has 2 aromatic rings. The van der Waals surface area contributed by atoms with E-state index in [1.165, 1.54) is 30.4 Å². The highest BCUT2D eigenvalue weighted by Gasteiger charge is 2.33. The Balaban J connectivity index is 1.69. The first-order valence-corrected chi connectivity index (χ1v) is 13.4. The van der Waals surface area contributed by atoms with Crippen molar-refractivity contribution >= 4 is 40.7 Å². The summed E-state index contributed by atoms with van der Waals surface area (Å²) in [5.74, 6) is 0.806. The molecule has 1 saturated heterocycles. The largest absolute Gasteiger partial charge is 0.342 e. The molecule has 0 spiro atoms. The highest BCUT2D eigenvalue weighted by atomic mass is 32.2. The van der Waals surface area contributed by atoms with Crippen LogP contribution >= 0.6 is 23.1 Å². The minimum absolute atomic E-state index is 0.00637. The van der Waals surface area contributed by atoms with E-state index in [1.807, 2.05) is 23.1 Å². The Labute approximate surface area is 203 Å². The number of carbonyl (C=O) groups is 3. The molecule has 0 aliphatic carbocycles. The molecule has 2 heterocycles. The van der Waals surface area contributed by atoms with Crippen molar-refractivity contribution in [2.24, 2.45) is 5.92 Å². The maximum atomic E-state index is 13.4. The van der Waals surface area contributed by atoms with E-state index in [2.05, 4.69) is 0 Å². The van der Waals surface area contributed by atoms with Crippen LogP contribution in [0.3, 0.4) is 0 Å². The van der Waals surface area contributed by atoms with Crippen molar-refractivity contribution in [2.45, 2.75) is 38.6 Å². The number of likely N-dealkylation sites (N-methyl/N-ethyl adjacent to an activating group) is 1. The van der Waals surface area contributed by atoms with Crippen LogP contribution in [0.25, 0.3) is 0 Å². The van der Waals surface area contributed by atoms with Gasteiger partial charge in [0.2, 0.25) is 5.91 Å². The number of halogens is 1. The van der Waals surface area contributed by atoms with Gasteiger partial charge in [0.25, 0.3) is 5.91 Å². The Kier molecular flexibility index (Phi) is 9.09. The molecule has 1 aliphatic rings. The zero-order valence-corrected chi connectivity index (χ0v) is 21.0. The van der Waals surface area contributed by atoms with Crippen molar-refractivity contribution in [1.29, 1.82) is 0 Å². The summed E-state index contributed by atoms with van der Waals surface area (Å²) in [6.07, 6.45) is 4.73. The minimum Gasteiger partial charge on any atom is -0.342 e. The quantitative estimate of drug-likeness (QED) is 0.476. The molecule has 1 fully saturated rings. The van der Waals surface area contributed by atoms with Crippen LogP contribution in [0.5, 0.6) is 0 Å². The van der Waals surface area contributed by atoms with Gasteiger partial charge in [0, 0.05) is 38.4 Å². The van der Waals surface area contributed by atoms with Gasteiger partial charge in [-0.05, 0) is 68.2 Å². The lowest BCUT2D eigenvalue weighted by Gasteiger charge is -2.40. The van der Waals surface area contributed by atoms with E-state index in [4.69, 9.17) is 0 Å². The summed E-state index contributed by atoms with van der Waals surface area (Å²) in [4.78, 5) is 42.2. The molecule has 8 heteroatoms. The molecule has 1 aliphatic heterocycles. The lowest BCUT2D eigenvalue weighted by atomic mass is 9.84. The topological polar surface area (TPSA) is 57.7 Å². The van der Waals surface area contributed by atoms with Crippen LogP contribution in [0.15, 0.2) is 36.4 Å². The highest BCUT2D eigenvalue weighted by Crippen LogP contribution is 2.29. The van der Waals surface area contributed by atoms with Crippen LogP contribution in [-0.4, -0.2) is 65.6 Å². The SMILES string of the molecule is CSCCC(=O)N(C)[C@H](Cc1ccc(F)cc1)C1CCN(C(=O)c2ccc(C(C)=O)s2)CC1. The summed E-state index contributed by atoms with van der Waals surface area (Å²) in [5, 5.41) is 0. The number of benzene rings is 1. The van der Waals surface area contributed by atoms with Crippen molar-refractivity contribution in [3.05, 3.63) is 57.5 Å². The van der Waals surface area contributed by atoms with Crippen LogP contribution in [0.2, 0.25) is 0 Å². The average Bonchev–Trinajstić information content (AvgIpc) is 3.32. The monoisotopic (exact) mass is 490 g/mol. The standard InChI is InChI=1S/C25H31FN2O3S2/c1-17(29)22-8-9-23(33-22)25(31)28-13-10-19(11-14-28)21(27(2)24(30)12-15-32-3)16-18-4-6-20(26)7-5-18/h4-9,19,21H,10-16H2,1-3H3/t21-/m1/s1. The first-order valence-electron chi connectivity index (χ1n) is 11.2. The van der Waals surface area contributed by atoms with Gasteiger partial charge < -0.3 is 9.80 Å². The third kappa shape index (κ3) is 6.67. The molecule has 0 unspecified atom stereocenters. The Morgan fingerprint density at radius 1 is 1.12 bits per heavy atom. The predicted octanol–water partition coefficient (Wildman–Crippen LogP) is 4.76. The third-order valence-corrected chi connectivity index (χ3v) is 8.09. The van der Waals surface area contributed by atoms with E-state index in [0.717, 1.165) is 24.2 Å². The smallest absolute Gasteiger partial charge is 0.263 e. The summed E-state index contributed by atoms with van der Waals surface area (Å²) < 4.78 is 13.4. The third-order valence-electron chi connectivity index (χ3n) is 6.30. The number of piperidine rings is 1. The molecular weight excluding hydrogens is 459 g/mol. The predicted molar refractivity (Wildman–Crippen MR) is 133 cm³/mol. The van der Waals surface area contributed by atoms with Crippen molar-refractivity contribution in [1.82, 2.24) is 9.80 Å². The Morgan fingerprint density at radius 3 is 2.33 bits per heavy atom. The molecule has 1 atom stereocenters. The maximum Gasteiger partial charge on any atom is 0.263 e. The fourth-order valence-corrected chi connectivity index (χ4v) is 5.57. The second-order valence-electron chi connectivity index (χ2n) is 8.50. The number of hydrogen-bond donors (Lipinski definition) is 0. The molecule has 0 N–H and O–H groups in total. The normalized spacial score (nSPS) is 15.3. The van der Waals surface area contributed by atoms with E-state index in [9.17, 15) is 18.8 Å². The highest BCUT2D eigenvalue weighted by molar-refractivity contribution is 7.98. The second kappa shape index (κ2) is 11.8. The maximum absolute atomic E-state index is 13.4. The molecule has 3 rings (SSSR count). The number of hydrogen-bond acceptors (Lipinski definition) is 5. The van der Waals surface area contributed by atoms with E-state index in [-0.39, 0.29) is 35.4 Å². The Hall–Kier alpha value is -2.19. The van der Waals surface area contributed by atoms with Crippen LogP contribution in [0.4, 0.5) is 4.39 Å². The number of amides is 2. The van der Waals surface area contributed by atoms with Crippen LogP contribution in [0, 0.1) is 11.7 Å². The van der Waals surface area contributed by atoms with Crippen molar-refractivity contribution in [2.75, 3.05) is 32.1 Å². The molecular formula is C25H31FN2O3S2. The molecule has 0 saturated carbocycles. The zero-order valence-electron chi connectivity index (χ0n) is 19.4. The molecule has 33 heavy (non-hydrogen) atoms. The molecule has 178 valence electrons. The number of ketones is 1. The molecule has 0 bridgehead atoms. The Morgan fingerprint density at radius 2 is 1.76 bits per heavy atom. The van der Waals surface area contributed by atoms with Gasteiger partial charge in [-0.15, -0.1) is 11.3 Å².